The van der Waals surface area contributed by atoms with Gasteiger partial charge in [-0.1, -0.05) is 33.1 Å². The lowest BCUT2D eigenvalue weighted by Gasteiger charge is -2.18. The number of hydrogen-bond acceptors (Lipinski definition) is 2. The highest BCUT2D eigenvalue weighted by atomic mass is 16.6. The Kier molecular flexibility index (Phi) is 3.13. The number of ether oxygens (including phenoxy) is 1. The minimum absolute atomic E-state index is 0.441. The third-order valence-electron chi connectivity index (χ3n) is 4.22. The van der Waals surface area contributed by atoms with E-state index in [0.717, 1.165) is 12.5 Å². The molecule has 0 radical (unpaired) electrons. The van der Waals surface area contributed by atoms with Crippen molar-refractivity contribution in [3.05, 3.63) is 0 Å². The van der Waals surface area contributed by atoms with Crippen LogP contribution in [-0.4, -0.2) is 18.0 Å². The largest absolute Gasteiger partial charge is 0.368 e. The lowest BCUT2D eigenvalue weighted by Crippen LogP contribution is -2.22. The molecule has 0 bridgehead atoms. The quantitative estimate of drug-likeness (QED) is 0.754. The van der Waals surface area contributed by atoms with Crippen molar-refractivity contribution in [3.63, 3.8) is 0 Å². The van der Waals surface area contributed by atoms with E-state index in [1.54, 1.807) is 0 Å². The van der Waals surface area contributed by atoms with Gasteiger partial charge in [0.25, 0.3) is 0 Å². The summed E-state index contributed by atoms with van der Waals surface area (Å²) in [5.41, 5.74) is 0. The van der Waals surface area contributed by atoms with E-state index in [1.165, 1.54) is 25.7 Å². The maximum atomic E-state index is 9.76. The van der Waals surface area contributed by atoms with Crippen LogP contribution < -0.4 is 0 Å². The van der Waals surface area contributed by atoms with Crippen LogP contribution in [0.25, 0.3) is 0 Å². The number of rotatable bonds is 3. The van der Waals surface area contributed by atoms with Gasteiger partial charge in [0.15, 0.2) is 6.29 Å². The summed E-state index contributed by atoms with van der Waals surface area (Å²) in [6.45, 7) is 5.29. The molecule has 1 N–H and O–H groups in total. The summed E-state index contributed by atoms with van der Waals surface area (Å²) in [4.78, 5) is 0. The zero-order valence-corrected chi connectivity index (χ0v) is 9.28. The van der Waals surface area contributed by atoms with Crippen LogP contribution in [0.3, 0.4) is 0 Å². The number of fused-ring (bicyclic) bond motifs is 1. The molecule has 2 aliphatic rings. The van der Waals surface area contributed by atoms with Crippen molar-refractivity contribution in [2.24, 2.45) is 23.7 Å². The molecular formula is C12H22O2. The first-order valence-electron chi connectivity index (χ1n) is 6.07. The van der Waals surface area contributed by atoms with Crippen LogP contribution in [0.4, 0.5) is 0 Å². The Bertz CT molecular complexity index is 193. The molecule has 2 fully saturated rings. The Labute approximate surface area is 86.6 Å². The molecule has 1 aliphatic carbocycles. The van der Waals surface area contributed by atoms with Crippen LogP contribution in [0, 0.1) is 23.7 Å². The number of aliphatic hydroxyl groups excluding tert-OH is 1. The van der Waals surface area contributed by atoms with Crippen LogP contribution in [0.2, 0.25) is 0 Å². The molecule has 2 heteroatoms. The molecule has 0 aromatic carbocycles. The Balaban J connectivity index is 2.06. The van der Waals surface area contributed by atoms with E-state index in [1.807, 2.05) is 0 Å². The van der Waals surface area contributed by atoms with Crippen molar-refractivity contribution in [1.82, 2.24) is 0 Å². The van der Waals surface area contributed by atoms with Gasteiger partial charge in [0.1, 0.15) is 0 Å². The van der Waals surface area contributed by atoms with Crippen molar-refractivity contribution in [2.75, 3.05) is 6.61 Å². The molecule has 82 valence electrons. The molecule has 2 rings (SSSR count). The molecule has 0 aromatic rings. The summed E-state index contributed by atoms with van der Waals surface area (Å²) in [6.07, 6.45) is 4.63. The second-order valence-corrected chi connectivity index (χ2v) is 4.92. The van der Waals surface area contributed by atoms with Crippen LogP contribution in [0.15, 0.2) is 0 Å². The van der Waals surface area contributed by atoms with Crippen LogP contribution in [-0.2, 0) is 4.74 Å². The topological polar surface area (TPSA) is 29.5 Å². The fraction of sp³-hybridized carbons (Fsp3) is 1.00. The van der Waals surface area contributed by atoms with Gasteiger partial charge in [0, 0.05) is 5.92 Å². The van der Waals surface area contributed by atoms with Gasteiger partial charge in [0.05, 0.1) is 6.61 Å². The van der Waals surface area contributed by atoms with E-state index in [-0.39, 0.29) is 0 Å². The predicted octanol–water partition coefficient (Wildman–Crippen LogP) is 2.41. The normalized spacial score (nSPS) is 46.9. The smallest absolute Gasteiger partial charge is 0.157 e. The van der Waals surface area contributed by atoms with E-state index < -0.39 is 6.29 Å². The highest BCUT2D eigenvalue weighted by Crippen LogP contribution is 2.50. The SMILES string of the molecule is CCCC1CC(CC)C2C1CO[C@@H]2O. The van der Waals surface area contributed by atoms with Gasteiger partial charge in [-0.15, -0.1) is 0 Å². The molecule has 1 heterocycles. The highest BCUT2D eigenvalue weighted by Gasteiger charge is 2.49. The van der Waals surface area contributed by atoms with E-state index in [9.17, 15) is 5.11 Å². The summed E-state index contributed by atoms with van der Waals surface area (Å²) >= 11 is 0. The van der Waals surface area contributed by atoms with E-state index in [4.69, 9.17) is 4.74 Å². The third kappa shape index (κ3) is 1.59. The Morgan fingerprint density at radius 2 is 2.07 bits per heavy atom. The van der Waals surface area contributed by atoms with E-state index in [0.29, 0.717) is 17.8 Å². The molecule has 1 saturated heterocycles. The molecule has 0 aromatic heterocycles. The minimum Gasteiger partial charge on any atom is -0.368 e. The predicted molar refractivity (Wildman–Crippen MR) is 55.7 cm³/mol. The van der Waals surface area contributed by atoms with Crippen molar-refractivity contribution in [3.8, 4) is 0 Å². The van der Waals surface area contributed by atoms with E-state index in [2.05, 4.69) is 13.8 Å². The lowest BCUT2D eigenvalue weighted by atomic mass is 9.87. The average Bonchev–Trinajstić information content (AvgIpc) is 2.70. The summed E-state index contributed by atoms with van der Waals surface area (Å²) < 4.78 is 5.38. The zero-order valence-electron chi connectivity index (χ0n) is 9.28. The summed E-state index contributed by atoms with van der Waals surface area (Å²) in [5, 5.41) is 9.76. The molecule has 0 spiro atoms. The lowest BCUT2D eigenvalue weighted by molar-refractivity contribution is -0.0927. The van der Waals surface area contributed by atoms with Crippen molar-refractivity contribution in [1.29, 1.82) is 0 Å². The standard InChI is InChI=1S/C12H22O2/c1-3-5-9-6-8(4-2)11-10(9)7-14-12(11)13/h8-13H,3-7H2,1-2H3/t8?,9?,10?,11?,12-/m0/s1. The maximum Gasteiger partial charge on any atom is 0.157 e. The maximum absolute atomic E-state index is 9.76. The number of aliphatic hydroxyl groups is 1. The molecule has 14 heavy (non-hydrogen) atoms. The third-order valence-corrected chi connectivity index (χ3v) is 4.22. The zero-order chi connectivity index (χ0) is 10.1. The highest BCUT2D eigenvalue weighted by molar-refractivity contribution is 4.94. The average molecular weight is 198 g/mol. The van der Waals surface area contributed by atoms with Gasteiger partial charge in [-0.05, 0) is 24.2 Å². The molecule has 0 amide bonds. The Hall–Kier alpha value is -0.0800. The van der Waals surface area contributed by atoms with Crippen LogP contribution in [0.1, 0.15) is 39.5 Å². The Morgan fingerprint density at radius 1 is 1.29 bits per heavy atom. The first-order valence-corrected chi connectivity index (χ1v) is 6.07. The molecule has 5 atom stereocenters. The monoisotopic (exact) mass is 198 g/mol. The first-order chi connectivity index (χ1) is 6.77. The molecule has 1 saturated carbocycles. The van der Waals surface area contributed by atoms with Crippen molar-refractivity contribution in [2.45, 2.75) is 45.8 Å². The van der Waals surface area contributed by atoms with Gasteiger partial charge in [-0.25, -0.2) is 0 Å². The molecular weight excluding hydrogens is 176 g/mol. The fourth-order valence-corrected chi connectivity index (χ4v) is 3.54. The van der Waals surface area contributed by atoms with Crippen molar-refractivity contribution < 1.29 is 9.84 Å². The van der Waals surface area contributed by atoms with Gasteiger partial charge in [0.2, 0.25) is 0 Å². The minimum atomic E-state index is -0.466. The second-order valence-electron chi connectivity index (χ2n) is 4.92. The van der Waals surface area contributed by atoms with Crippen LogP contribution in [0.5, 0.6) is 0 Å². The van der Waals surface area contributed by atoms with E-state index >= 15 is 0 Å². The summed E-state index contributed by atoms with van der Waals surface area (Å²) in [7, 11) is 0. The van der Waals surface area contributed by atoms with Gasteiger partial charge < -0.3 is 9.84 Å². The molecule has 4 unspecified atom stereocenters. The Morgan fingerprint density at radius 3 is 2.71 bits per heavy atom. The fourth-order valence-electron chi connectivity index (χ4n) is 3.54. The molecule has 2 nitrogen and oxygen atoms in total. The molecule has 1 aliphatic heterocycles. The summed E-state index contributed by atoms with van der Waals surface area (Å²) in [6, 6.07) is 0. The van der Waals surface area contributed by atoms with Gasteiger partial charge in [-0.2, -0.15) is 0 Å². The summed E-state index contributed by atoms with van der Waals surface area (Å²) in [5.74, 6) is 2.60. The van der Waals surface area contributed by atoms with Gasteiger partial charge >= 0.3 is 0 Å². The van der Waals surface area contributed by atoms with Crippen LogP contribution >= 0.6 is 0 Å². The first kappa shape index (κ1) is 10.4. The number of hydrogen-bond donors (Lipinski definition) is 1. The van der Waals surface area contributed by atoms with Crippen molar-refractivity contribution >= 4 is 0 Å². The second kappa shape index (κ2) is 4.19. The van der Waals surface area contributed by atoms with Gasteiger partial charge in [-0.3, -0.25) is 0 Å².